The van der Waals surface area contributed by atoms with Gasteiger partial charge < -0.3 is 10.1 Å². The summed E-state index contributed by atoms with van der Waals surface area (Å²) in [5, 5.41) is 3.47. The molecule has 2 atom stereocenters. The van der Waals surface area contributed by atoms with Gasteiger partial charge in [0.15, 0.2) is 0 Å². The fourth-order valence-electron chi connectivity index (χ4n) is 4.70. The third-order valence-electron chi connectivity index (χ3n) is 4.90. The normalized spacial score (nSPS) is 54.9. The van der Waals surface area contributed by atoms with Gasteiger partial charge >= 0.3 is 0 Å². The lowest BCUT2D eigenvalue weighted by Gasteiger charge is -2.58. The molecule has 78 valence electrons. The molecule has 0 spiro atoms. The maximum absolute atomic E-state index is 11.2. The van der Waals surface area contributed by atoms with Crippen molar-refractivity contribution >= 4 is 6.29 Å². The summed E-state index contributed by atoms with van der Waals surface area (Å²) in [5.41, 5.74) is 0.101. The molecule has 1 N–H and O–H groups in total. The minimum Gasteiger partial charge on any atom is -0.316 e. The lowest BCUT2D eigenvalue weighted by atomic mass is 9.48. The molecule has 0 aromatic heterocycles. The first-order valence-electron chi connectivity index (χ1n) is 5.90. The van der Waals surface area contributed by atoms with E-state index in [0.29, 0.717) is 6.04 Å². The Morgan fingerprint density at radius 1 is 1.21 bits per heavy atom. The highest BCUT2D eigenvalue weighted by Crippen LogP contribution is 2.58. The molecule has 14 heavy (non-hydrogen) atoms. The highest BCUT2D eigenvalue weighted by atomic mass is 16.1. The maximum Gasteiger partial charge on any atom is 0.126 e. The van der Waals surface area contributed by atoms with E-state index in [0.717, 1.165) is 30.6 Å². The summed E-state index contributed by atoms with van der Waals surface area (Å²) >= 11 is 0. The predicted molar refractivity (Wildman–Crippen MR) is 54.9 cm³/mol. The van der Waals surface area contributed by atoms with Crippen LogP contribution in [-0.2, 0) is 4.79 Å². The fourth-order valence-corrected chi connectivity index (χ4v) is 4.70. The number of carbonyl (C=O) groups is 1. The van der Waals surface area contributed by atoms with Crippen LogP contribution in [0.1, 0.15) is 32.1 Å². The minimum absolute atomic E-state index is 0.101. The Bertz CT molecular complexity index is 247. The topological polar surface area (TPSA) is 29.1 Å². The lowest BCUT2D eigenvalue weighted by molar-refractivity contribution is -0.133. The first-order valence-corrected chi connectivity index (χ1v) is 5.90. The molecule has 0 aromatic rings. The molecule has 4 bridgehead atoms. The van der Waals surface area contributed by atoms with E-state index >= 15 is 0 Å². The van der Waals surface area contributed by atoms with Crippen LogP contribution in [0.5, 0.6) is 0 Å². The highest BCUT2D eigenvalue weighted by molar-refractivity contribution is 5.60. The van der Waals surface area contributed by atoms with Crippen LogP contribution in [0.15, 0.2) is 0 Å². The molecular weight excluding hydrogens is 174 g/mol. The second kappa shape index (κ2) is 2.82. The van der Waals surface area contributed by atoms with Crippen molar-refractivity contribution in [1.82, 2.24) is 5.32 Å². The summed E-state index contributed by atoms with van der Waals surface area (Å²) in [7, 11) is 2.08. The van der Waals surface area contributed by atoms with Crippen LogP contribution in [-0.4, -0.2) is 19.4 Å². The molecule has 4 aliphatic rings. The average molecular weight is 193 g/mol. The Morgan fingerprint density at radius 3 is 2.36 bits per heavy atom. The molecular formula is C12H19NO. The van der Waals surface area contributed by atoms with E-state index in [9.17, 15) is 4.79 Å². The number of rotatable bonds is 2. The second-order valence-electron chi connectivity index (χ2n) is 5.76. The van der Waals surface area contributed by atoms with Gasteiger partial charge in [-0.15, -0.1) is 0 Å². The van der Waals surface area contributed by atoms with Gasteiger partial charge in [-0.1, -0.05) is 0 Å². The first-order chi connectivity index (χ1) is 6.76. The van der Waals surface area contributed by atoms with Crippen LogP contribution in [0.2, 0.25) is 0 Å². The van der Waals surface area contributed by atoms with Gasteiger partial charge in [0.2, 0.25) is 0 Å². The van der Waals surface area contributed by atoms with Crippen LogP contribution in [0.25, 0.3) is 0 Å². The summed E-state index contributed by atoms with van der Waals surface area (Å²) in [6.45, 7) is 0. The molecule has 0 heterocycles. The molecule has 4 rings (SSSR count). The molecule has 2 heteroatoms. The number of aldehydes is 1. The van der Waals surface area contributed by atoms with Gasteiger partial charge in [-0.05, 0) is 56.9 Å². The lowest BCUT2D eigenvalue weighted by Crippen LogP contribution is -2.57. The van der Waals surface area contributed by atoms with Gasteiger partial charge in [0.1, 0.15) is 6.29 Å². The summed E-state index contributed by atoms with van der Waals surface area (Å²) in [6, 6.07) is 0.708. The molecule has 0 radical (unpaired) electrons. The van der Waals surface area contributed by atoms with Gasteiger partial charge in [-0.25, -0.2) is 0 Å². The van der Waals surface area contributed by atoms with Crippen LogP contribution < -0.4 is 5.32 Å². The van der Waals surface area contributed by atoms with Gasteiger partial charge in [-0.3, -0.25) is 0 Å². The van der Waals surface area contributed by atoms with Gasteiger partial charge in [-0.2, -0.15) is 0 Å². The van der Waals surface area contributed by atoms with Gasteiger partial charge in [0, 0.05) is 11.5 Å². The zero-order valence-electron chi connectivity index (χ0n) is 8.83. The predicted octanol–water partition coefficient (Wildman–Crippen LogP) is 1.60. The SMILES string of the molecule is CNC1C2CC3CC1CC(C=O)(C3)C2. The number of hydrogen-bond donors (Lipinski definition) is 1. The van der Waals surface area contributed by atoms with Crippen LogP contribution in [0, 0.1) is 23.2 Å². The summed E-state index contributed by atoms with van der Waals surface area (Å²) in [5.74, 6) is 2.44. The van der Waals surface area contributed by atoms with Gasteiger partial charge in [0.25, 0.3) is 0 Å². The maximum atomic E-state index is 11.2. The summed E-state index contributed by atoms with van der Waals surface area (Å²) < 4.78 is 0. The van der Waals surface area contributed by atoms with E-state index in [1.807, 2.05) is 0 Å². The third kappa shape index (κ3) is 1.04. The van der Waals surface area contributed by atoms with Crippen LogP contribution >= 0.6 is 0 Å². The molecule has 2 unspecified atom stereocenters. The number of carbonyl (C=O) groups excluding carboxylic acids is 1. The Hall–Kier alpha value is -0.370. The molecule has 0 amide bonds. The molecule has 0 aliphatic heterocycles. The van der Waals surface area contributed by atoms with Crippen molar-refractivity contribution in [3.05, 3.63) is 0 Å². The van der Waals surface area contributed by atoms with Crippen molar-refractivity contribution in [1.29, 1.82) is 0 Å². The average Bonchev–Trinajstić information content (AvgIpc) is 2.17. The van der Waals surface area contributed by atoms with Crippen LogP contribution in [0.3, 0.4) is 0 Å². The number of nitrogens with one attached hydrogen (secondary N) is 1. The van der Waals surface area contributed by atoms with Crippen molar-refractivity contribution in [2.24, 2.45) is 23.2 Å². The Labute approximate surface area is 85.4 Å². The molecule has 4 fully saturated rings. The van der Waals surface area contributed by atoms with E-state index in [4.69, 9.17) is 0 Å². The monoisotopic (exact) mass is 193 g/mol. The minimum atomic E-state index is 0.101. The van der Waals surface area contributed by atoms with E-state index in [1.165, 1.54) is 25.5 Å². The second-order valence-corrected chi connectivity index (χ2v) is 5.76. The molecule has 0 saturated heterocycles. The van der Waals surface area contributed by atoms with E-state index < -0.39 is 0 Å². The Balaban J connectivity index is 1.91. The zero-order chi connectivity index (χ0) is 9.76. The third-order valence-corrected chi connectivity index (χ3v) is 4.90. The Kier molecular flexibility index (Phi) is 1.79. The van der Waals surface area contributed by atoms with Gasteiger partial charge in [0.05, 0.1) is 0 Å². The Morgan fingerprint density at radius 2 is 1.86 bits per heavy atom. The standard InChI is InChI=1S/C12H19NO/c1-13-11-9-2-8-3-10(11)6-12(4-8,5-9)7-14/h7-11,13H,2-6H2,1H3. The largest absolute Gasteiger partial charge is 0.316 e. The zero-order valence-corrected chi connectivity index (χ0v) is 8.83. The summed E-state index contributed by atoms with van der Waals surface area (Å²) in [4.78, 5) is 11.2. The van der Waals surface area contributed by atoms with Crippen molar-refractivity contribution in [2.75, 3.05) is 7.05 Å². The van der Waals surface area contributed by atoms with E-state index in [-0.39, 0.29) is 5.41 Å². The fraction of sp³-hybridized carbons (Fsp3) is 0.917. The van der Waals surface area contributed by atoms with E-state index in [2.05, 4.69) is 12.4 Å². The first kappa shape index (κ1) is 8.90. The molecule has 4 saturated carbocycles. The highest BCUT2D eigenvalue weighted by Gasteiger charge is 2.54. The molecule has 0 aromatic carbocycles. The molecule has 2 nitrogen and oxygen atoms in total. The summed E-state index contributed by atoms with van der Waals surface area (Å²) in [6.07, 6.45) is 7.54. The van der Waals surface area contributed by atoms with Crippen molar-refractivity contribution < 1.29 is 4.79 Å². The molecule has 4 aliphatic carbocycles. The van der Waals surface area contributed by atoms with Crippen molar-refractivity contribution in [3.8, 4) is 0 Å². The smallest absolute Gasteiger partial charge is 0.126 e. The van der Waals surface area contributed by atoms with Crippen molar-refractivity contribution in [2.45, 2.75) is 38.1 Å². The van der Waals surface area contributed by atoms with E-state index in [1.54, 1.807) is 0 Å². The van der Waals surface area contributed by atoms with Crippen molar-refractivity contribution in [3.63, 3.8) is 0 Å². The quantitative estimate of drug-likeness (QED) is 0.675. The number of hydrogen-bond acceptors (Lipinski definition) is 2. The van der Waals surface area contributed by atoms with Crippen LogP contribution in [0.4, 0.5) is 0 Å².